The number of ether oxygens (including phenoxy) is 1. The van der Waals surface area contributed by atoms with Crippen molar-refractivity contribution in [2.75, 3.05) is 12.8 Å². The molecule has 0 spiro atoms. The molecule has 1 heterocycles. The van der Waals surface area contributed by atoms with E-state index in [1.807, 2.05) is 0 Å². The maximum Gasteiger partial charge on any atom is 0.165 e. The molecule has 94 valence electrons. The number of rotatable bonds is 3. The average Bonchev–Trinajstić information content (AvgIpc) is 2.65. The van der Waals surface area contributed by atoms with Gasteiger partial charge in [0.15, 0.2) is 17.9 Å². The standard InChI is InChI=1S/C12H12FN3O2/c1-16-12(14)8(6-17)11(15-16)7-3-4-10(18-2)9(13)5-7/h3-6H,14H2,1-2H3. The molecule has 18 heavy (non-hydrogen) atoms. The first-order valence-electron chi connectivity index (χ1n) is 5.20. The second-order valence-electron chi connectivity index (χ2n) is 3.74. The summed E-state index contributed by atoms with van der Waals surface area (Å²) in [6, 6.07) is 4.36. The molecule has 0 saturated heterocycles. The van der Waals surface area contributed by atoms with Crippen molar-refractivity contribution in [3.8, 4) is 17.0 Å². The predicted octanol–water partition coefficient (Wildman–Crippen LogP) is 1.63. The number of hydrogen-bond acceptors (Lipinski definition) is 4. The molecule has 0 unspecified atom stereocenters. The Bertz CT molecular complexity index is 608. The number of aldehydes is 1. The molecule has 0 radical (unpaired) electrons. The maximum absolute atomic E-state index is 13.6. The van der Waals surface area contributed by atoms with Crippen molar-refractivity contribution < 1.29 is 13.9 Å². The van der Waals surface area contributed by atoms with Gasteiger partial charge in [-0.3, -0.25) is 9.48 Å². The maximum atomic E-state index is 13.6. The summed E-state index contributed by atoms with van der Waals surface area (Å²) in [6.07, 6.45) is 0.611. The van der Waals surface area contributed by atoms with Gasteiger partial charge in [0.2, 0.25) is 0 Å². The molecule has 1 aromatic heterocycles. The van der Waals surface area contributed by atoms with Gasteiger partial charge >= 0.3 is 0 Å². The number of methoxy groups -OCH3 is 1. The second kappa shape index (κ2) is 4.48. The van der Waals surface area contributed by atoms with E-state index in [1.54, 1.807) is 13.1 Å². The van der Waals surface area contributed by atoms with Crippen LogP contribution in [-0.2, 0) is 7.05 Å². The summed E-state index contributed by atoms with van der Waals surface area (Å²) in [5, 5.41) is 4.10. The molecule has 0 atom stereocenters. The molecule has 0 aliphatic heterocycles. The molecule has 0 saturated carbocycles. The topological polar surface area (TPSA) is 70.1 Å². The van der Waals surface area contributed by atoms with Gasteiger partial charge in [-0.2, -0.15) is 5.10 Å². The molecule has 0 bridgehead atoms. The van der Waals surface area contributed by atoms with E-state index in [0.29, 0.717) is 17.5 Å². The van der Waals surface area contributed by atoms with Crippen LogP contribution < -0.4 is 10.5 Å². The van der Waals surface area contributed by atoms with Crippen LogP contribution in [0.25, 0.3) is 11.3 Å². The predicted molar refractivity (Wildman–Crippen MR) is 65.0 cm³/mol. The highest BCUT2D eigenvalue weighted by Gasteiger charge is 2.16. The van der Waals surface area contributed by atoms with E-state index in [0.717, 1.165) is 0 Å². The van der Waals surface area contributed by atoms with Crippen molar-refractivity contribution in [3.63, 3.8) is 0 Å². The number of aromatic nitrogens is 2. The fourth-order valence-corrected chi connectivity index (χ4v) is 1.70. The molecule has 2 aromatic rings. The lowest BCUT2D eigenvalue weighted by atomic mass is 10.1. The number of hydrogen-bond donors (Lipinski definition) is 1. The van der Waals surface area contributed by atoms with E-state index in [1.165, 1.54) is 23.9 Å². The molecule has 1 aromatic carbocycles. The Morgan fingerprint density at radius 2 is 2.22 bits per heavy atom. The Morgan fingerprint density at radius 3 is 2.78 bits per heavy atom. The number of nitrogens with two attached hydrogens (primary N) is 1. The van der Waals surface area contributed by atoms with Crippen molar-refractivity contribution in [1.29, 1.82) is 0 Å². The van der Waals surface area contributed by atoms with Gasteiger partial charge in [-0.1, -0.05) is 0 Å². The Labute approximate surface area is 103 Å². The highest BCUT2D eigenvalue weighted by atomic mass is 19.1. The van der Waals surface area contributed by atoms with E-state index >= 15 is 0 Å². The third-order valence-electron chi connectivity index (χ3n) is 2.67. The molecular weight excluding hydrogens is 237 g/mol. The smallest absolute Gasteiger partial charge is 0.165 e. The normalized spacial score (nSPS) is 10.4. The zero-order chi connectivity index (χ0) is 13.3. The largest absolute Gasteiger partial charge is 0.494 e. The Kier molecular flexibility index (Phi) is 3.01. The summed E-state index contributed by atoms with van der Waals surface area (Å²) in [7, 11) is 3.00. The zero-order valence-corrected chi connectivity index (χ0v) is 9.98. The molecule has 0 aliphatic carbocycles. The lowest BCUT2D eigenvalue weighted by molar-refractivity contribution is 0.112. The monoisotopic (exact) mass is 249 g/mol. The fraction of sp³-hybridized carbons (Fsp3) is 0.167. The quantitative estimate of drug-likeness (QED) is 0.839. The van der Waals surface area contributed by atoms with Crippen molar-refractivity contribution in [1.82, 2.24) is 9.78 Å². The van der Waals surface area contributed by atoms with Crippen LogP contribution in [-0.4, -0.2) is 23.2 Å². The lowest BCUT2D eigenvalue weighted by Gasteiger charge is -2.03. The highest BCUT2D eigenvalue weighted by molar-refractivity contribution is 5.91. The summed E-state index contributed by atoms with van der Waals surface area (Å²) < 4.78 is 19.8. The van der Waals surface area contributed by atoms with Crippen LogP contribution in [0.4, 0.5) is 10.2 Å². The van der Waals surface area contributed by atoms with Crippen LogP contribution in [0, 0.1) is 5.82 Å². The Hall–Kier alpha value is -2.37. The van der Waals surface area contributed by atoms with Crippen LogP contribution in [0.3, 0.4) is 0 Å². The summed E-state index contributed by atoms with van der Waals surface area (Å²) in [6.45, 7) is 0. The second-order valence-corrected chi connectivity index (χ2v) is 3.74. The van der Waals surface area contributed by atoms with Gasteiger partial charge in [-0.15, -0.1) is 0 Å². The van der Waals surface area contributed by atoms with Gasteiger partial charge < -0.3 is 10.5 Å². The number of aryl methyl sites for hydroxylation is 1. The molecule has 2 rings (SSSR count). The van der Waals surface area contributed by atoms with Gasteiger partial charge in [-0.25, -0.2) is 4.39 Å². The van der Waals surface area contributed by atoms with Crippen molar-refractivity contribution in [2.45, 2.75) is 0 Å². The van der Waals surface area contributed by atoms with Gasteiger partial charge in [0.25, 0.3) is 0 Å². The highest BCUT2D eigenvalue weighted by Crippen LogP contribution is 2.28. The van der Waals surface area contributed by atoms with E-state index in [2.05, 4.69) is 5.10 Å². The number of halogens is 1. The van der Waals surface area contributed by atoms with Crippen molar-refractivity contribution >= 4 is 12.1 Å². The SMILES string of the molecule is COc1ccc(-c2nn(C)c(N)c2C=O)cc1F. The first-order chi connectivity index (χ1) is 8.58. The third kappa shape index (κ3) is 1.81. The number of nitrogens with zero attached hydrogens (tertiary/aromatic N) is 2. The number of carbonyl (C=O) groups is 1. The Balaban J connectivity index is 2.58. The minimum atomic E-state index is -0.518. The molecular formula is C12H12FN3O2. The van der Waals surface area contributed by atoms with Gasteiger partial charge in [0, 0.05) is 12.6 Å². The van der Waals surface area contributed by atoms with Crippen LogP contribution in [0.1, 0.15) is 10.4 Å². The molecule has 2 N–H and O–H groups in total. The van der Waals surface area contributed by atoms with Gasteiger partial charge in [0.05, 0.1) is 12.7 Å². The lowest BCUT2D eigenvalue weighted by Crippen LogP contribution is -1.98. The van der Waals surface area contributed by atoms with Crippen LogP contribution >= 0.6 is 0 Å². The summed E-state index contributed by atoms with van der Waals surface area (Å²) in [5.41, 5.74) is 6.78. The van der Waals surface area contributed by atoms with E-state index < -0.39 is 5.82 Å². The first-order valence-corrected chi connectivity index (χ1v) is 5.20. The minimum Gasteiger partial charge on any atom is -0.494 e. The van der Waals surface area contributed by atoms with Gasteiger partial charge in [0.1, 0.15) is 11.5 Å². The summed E-state index contributed by atoms with van der Waals surface area (Å²) >= 11 is 0. The number of nitrogen functional groups attached to an aromatic ring is 1. The van der Waals surface area contributed by atoms with E-state index in [9.17, 15) is 9.18 Å². The Morgan fingerprint density at radius 1 is 1.50 bits per heavy atom. The number of anilines is 1. The van der Waals surface area contributed by atoms with Crippen molar-refractivity contribution in [2.24, 2.45) is 7.05 Å². The van der Waals surface area contributed by atoms with Gasteiger partial charge in [-0.05, 0) is 18.2 Å². The molecule has 0 aliphatic rings. The average molecular weight is 249 g/mol. The summed E-state index contributed by atoms with van der Waals surface area (Å²) in [4.78, 5) is 11.0. The van der Waals surface area contributed by atoms with E-state index in [-0.39, 0.29) is 17.1 Å². The molecule has 0 amide bonds. The third-order valence-corrected chi connectivity index (χ3v) is 2.67. The zero-order valence-electron chi connectivity index (χ0n) is 9.98. The van der Waals surface area contributed by atoms with Crippen molar-refractivity contribution in [3.05, 3.63) is 29.6 Å². The number of carbonyl (C=O) groups excluding carboxylic acids is 1. The molecule has 5 nitrogen and oxygen atoms in total. The van der Waals surface area contributed by atoms with Crippen LogP contribution in [0.2, 0.25) is 0 Å². The van der Waals surface area contributed by atoms with E-state index in [4.69, 9.17) is 10.5 Å². The van der Waals surface area contributed by atoms with Crippen LogP contribution in [0.5, 0.6) is 5.75 Å². The van der Waals surface area contributed by atoms with Crippen LogP contribution in [0.15, 0.2) is 18.2 Å². The first kappa shape index (κ1) is 12.1. The minimum absolute atomic E-state index is 0.135. The molecule has 0 fully saturated rings. The fourth-order valence-electron chi connectivity index (χ4n) is 1.70. The number of benzene rings is 1. The summed E-state index contributed by atoms with van der Waals surface area (Å²) in [5.74, 6) is -0.136. The molecule has 6 heteroatoms.